The average Bonchev–Trinajstić information content (AvgIpc) is 3.21. The molecular weight excluding hydrogens is 429 g/mol. The van der Waals surface area contributed by atoms with Crippen LogP contribution in [0, 0.1) is 0 Å². The van der Waals surface area contributed by atoms with E-state index in [4.69, 9.17) is 11.6 Å². The summed E-state index contributed by atoms with van der Waals surface area (Å²) in [5, 5.41) is 3.45. The third-order valence-corrected chi connectivity index (χ3v) is 6.78. The number of hydrogen-bond acceptors (Lipinski definition) is 4. The van der Waals surface area contributed by atoms with E-state index in [-0.39, 0.29) is 0 Å². The first-order valence-corrected chi connectivity index (χ1v) is 10.1. The maximum absolute atomic E-state index is 13.1. The minimum absolute atomic E-state index is 0.484. The van der Waals surface area contributed by atoms with Crippen LogP contribution in [0.1, 0.15) is 24.1 Å². The van der Waals surface area contributed by atoms with E-state index in [2.05, 4.69) is 10.1 Å². The fraction of sp³-hybridized carbons (Fsp3) is 0.222. The van der Waals surface area contributed by atoms with E-state index in [1.54, 1.807) is 35.9 Å². The number of nitrogens with zero attached hydrogens (tertiary/aromatic N) is 4. The Labute approximate surface area is 170 Å². The lowest BCUT2D eigenvalue weighted by Crippen LogP contribution is -2.30. The quantitative estimate of drug-likeness (QED) is 0.587. The molecule has 11 heteroatoms. The van der Waals surface area contributed by atoms with Gasteiger partial charge in [-0.15, -0.1) is 0 Å². The maximum atomic E-state index is 13.1. The zero-order valence-corrected chi connectivity index (χ0v) is 16.9. The number of benzene rings is 2. The van der Waals surface area contributed by atoms with E-state index in [1.165, 1.54) is 19.7 Å². The van der Waals surface area contributed by atoms with Crippen LogP contribution < -0.4 is 0 Å². The van der Waals surface area contributed by atoms with Crippen molar-refractivity contribution in [2.75, 3.05) is 7.05 Å². The Kier molecular flexibility index (Phi) is 5.70. The van der Waals surface area contributed by atoms with E-state index in [0.717, 1.165) is 22.1 Å². The Hall–Kier alpha value is -2.43. The van der Waals surface area contributed by atoms with E-state index >= 15 is 0 Å². The summed E-state index contributed by atoms with van der Waals surface area (Å²) in [7, 11) is -2.88. The van der Waals surface area contributed by atoms with Crippen molar-refractivity contribution < 1.29 is 21.6 Å². The van der Waals surface area contributed by atoms with Crippen LogP contribution in [0.3, 0.4) is 0 Å². The largest absolute Gasteiger partial charge is 0.417 e. The molecule has 0 fully saturated rings. The molecule has 3 aromatic rings. The Morgan fingerprint density at radius 2 is 1.79 bits per heavy atom. The summed E-state index contributed by atoms with van der Waals surface area (Å²) in [4.78, 5) is 3.37. The molecule has 0 aliphatic heterocycles. The number of hydrogen-bond donors (Lipinski definition) is 0. The van der Waals surface area contributed by atoms with Gasteiger partial charge in [-0.05, 0) is 42.8 Å². The highest BCUT2D eigenvalue weighted by Gasteiger charge is 2.35. The topological polar surface area (TPSA) is 68.1 Å². The van der Waals surface area contributed by atoms with Gasteiger partial charge in [-0.2, -0.15) is 22.6 Å². The van der Waals surface area contributed by atoms with E-state index in [9.17, 15) is 21.6 Å². The van der Waals surface area contributed by atoms with Crippen molar-refractivity contribution in [2.24, 2.45) is 0 Å². The molecular formula is C18H16ClF3N4O2S. The van der Waals surface area contributed by atoms with Crippen molar-refractivity contribution in [3.8, 4) is 5.69 Å². The molecule has 0 saturated heterocycles. The van der Waals surface area contributed by atoms with Crippen LogP contribution in [0.25, 0.3) is 5.69 Å². The van der Waals surface area contributed by atoms with Gasteiger partial charge >= 0.3 is 6.18 Å². The molecule has 1 atom stereocenters. The molecule has 1 heterocycles. The lowest BCUT2D eigenvalue weighted by molar-refractivity contribution is -0.137. The number of sulfonamides is 1. The van der Waals surface area contributed by atoms with Crippen LogP contribution in [-0.4, -0.2) is 34.5 Å². The minimum Gasteiger partial charge on any atom is -0.223 e. The molecule has 0 radical (unpaired) electrons. The van der Waals surface area contributed by atoms with Crippen molar-refractivity contribution in [3.05, 3.63) is 71.3 Å². The van der Waals surface area contributed by atoms with Crippen LogP contribution >= 0.6 is 11.6 Å². The van der Waals surface area contributed by atoms with Gasteiger partial charge in [-0.1, -0.05) is 23.7 Å². The van der Waals surface area contributed by atoms with Crippen molar-refractivity contribution in [2.45, 2.75) is 24.0 Å². The second-order valence-electron chi connectivity index (χ2n) is 6.27. The average molecular weight is 445 g/mol. The highest BCUT2D eigenvalue weighted by Crippen LogP contribution is 2.37. The summed E-state index contributed by atoms with van der Waals surface area (Å²) in [6.07, 6.45) is -1.85. The van der Waals surface area contributed by atoms with Crippen molar-refractivity contribution in [3.63, 3.8) is 0 Å². The van der Waals surface area contributed by atoms with E-state index < -0.39 is 37.7 Å². The second-order valence-corrected chi connectivity index (χ2v) is 8.67. The van der Waals surface area contributed by atoms with Gasteiger partial charge in [0.05, 0.1) is 21.2 Å². The van der Waals surface area contributed by atoms with Crippen molar-refractivity contribution in [1.82, 2.24) is 19.1 Å². The van der Waals surface area contributed by atoms with Crippen LogP contribution in [0.5, 0.6) is 0 Å². The summed E-state index contributed by atoms with van der Waals surface area (Å²) < 4.78 is 67.6. The molecule has 2 aromatic carbocycles. The molecule has 0 aliphatic rings. The molecule has 0 bridgehead atoms. The predicted octanol–water partition coefficient (Wildman–Crippen LogP) is 4.32. The number of halogens is 4. The lowest BCUT2D eigenvalue weighted by Gasteiger charge is -2.25. The third-order valence-electron chi connectivity index (χ3n) is 4.52. The zero-order valence-electron chi connectivity index (χ0n) is 15.3. The van der Waals surface area contributed by atoms with Gasteiger partial charge in [0.15, 0.2) is 0 Å². The molecule has 154 valence electrons. The molecule has 1 aromatic heterocycles. The van der Waals surface area contributed by atoms with Crippen LogP contribution in [0.4, 0.5) is 13.2 Å². The molecule has 6 nitrogen and oxygen atoms in total. The molecule has 1 unspecified atom stereocenters. The van der Waals surface area contributed by atoms with Crippen LogP contribution in [0.15, 0.2) is 60.0 Å². The minimum atomic E-state index is -4.76. The van der Waals surface area contributed by atoms with Crippen LogP contribution in [0.2, 0.25) is 5.02 Å². The molecule has 3 rings (SSSR count). The highest BCUT2D eigenvalue weighted by atomic mass is 35.5. The predicted molar refractivity (Wildman–Crippen MR) is 101 cm³/mol. The monoisotopic (exact) mass is 444 g/mol. The molecule has 0 amide bonds. The maximum Gasteiger partial charge on any atom is 0.417 e. The Morgan fingerprint density at radius 3 is 2.34 bits per heavy atom. The van der Waals surface area contributed by atoms with Gasteiger partial charge in [0, 0.05) is 13.1 Å². The summed E-state index contributed by atoms with van der Waals surface area (Å²) >= 11 is 5.59. The van der Waals surface area contributed by atoms with Gasteiger partial charge < -0.3 is 0 Å². The van der Waals surface area contributed by atoms with E-state index in [1.807, 2.05) is 0 Å². The Balaban J connectivity index is 1.89. The number of rotatable bonds is 5. The van der Waals surface area contributed by atoms with Gasteiger partial charge in [-0.3, -0.25) is 0 Å². The highest BCUT2D eigenvalue weighted by molar-refractivity contribution is 7.89. The van der Waals surface area contributed by atoms with E-state index in [0.29, 0.717) is 11.6 Å². The number of aromatic nitrogens is 3. The third kappa shape index (κ3) is 4.29. The van der Waals surface area contributed by atoms with Gasteiger partial charge in [0.1, 0.15) is 12.7 Å². The van der Waals surface area contributed by atoms with Gasteiger partial charge in [-0.25, -0.2) is 18.1 Å². The molecule has 0 spiro atoms. The first kappa shape index (κ1) is 21.3. The summed E-state index contributed by atoms with van der Waals surface area (Å²) in [5.41, 5.74) is 0.194. The SMILES string of the molecule is CC(c1ccc(-n2cncn2)cc1)N(C)S(=O)(=O)c1ccc(Cl)c(C(F)(F)F)c1. The zero-order chi connectivity index (χ0) is 21.4. The standard InChI is InChI=1S/C18H16ClF3N4O2S/c1-12(13-3-5-14(6-4-13)26-11-23-10-24-26)25(2)29(27,28)15-7-8-17(19)16(9-15)18(20,21)22/h3-12H,1-2H3. The summed E-state index contributed by atoms with van der Waals surface area (Å²) in [5.74, 6) is 0. The fourth-order valence-corrected chi connectivity index (χ4v) is 4.32. The molecule has 29 heavy (non-hydrogen) atoms. The van der Waals surface area contributed by atoms with Crippen molar-refractivity contribution in [1.29, 1.82) is 0 Å². The first-order chi connectivity index (χ1) is 13.5. The van der Waals surface area contributed by atoms with Gasteiger partial charge in [0.2, 0.25) is 10.0 Å². The summed E-state index contributed by atoms with van der Waals surface area (Å²) in [6.45, 7) is 1.64. The second kappa shape index (κ2) is 7.77. The number of alkyl halides is 3. The molecule has 0 N–H and O–H groups in total. The van der Waals surface area contributed by atoms with Crippen molar-refractivity contribution >= 4 is 21.6 Å². The Bertz CT molecular complexity index is 1100. The molecule has 0 aliphatic carbocycles. The summed E-state index contributed by atoms with van der Waals surface area (Å²) in [6, 6.07) is 8.83. The molecule has 0 saturated carbocycles. The normalized spacial score (nSPS) is 13.6. The Morgan fingerprint density at radius 1 is 1.14 bits per heavy atom. The van der Waals surface area contributed by atoms with Crippen LogP contribution in [-0.2, 0) is 16.2 Å². The first-order valence-electron chi connectivity index (χ1n) is 8.31. The lowest BCUT2D eigenvalue weighted by atomic mass is 10.1. The smallest absolute Gasteiger partial charge is 0.223 e. The van der Waals surface area contributed by atoms with Gasteiger partial charge in [0.25, 0.3) is 0 Å². The fourth-order valence-electron chi connectivity index (χ4n) is 2.71.